The lowest BCUT2D eigenvalue weighted by Gasteiger charge is -2.23. The molecule has 4 rings (SSSR count). The quantitative estimate of drug-likeness (QED) is 0.247. The first-order valence-corrected chi connectivity index (χ1v) is 10.9. The number of nitrogens with zero attached hydrogens (tertiary/aromatic N) is 3. The molecule has 31 heavy (non-hydrogen) atoms. The van der Waals surface area contributed by atoms with Crippen LogP contribution in [0.2, 0.25) is 0 Å². The third-order valence-electron chi connectivity index (χ3n) is 4.90. The van der Waals surface area contributed by atoms with E-state index in [0.717, 1.165) is 15.8 Å². The second kappa shape index (κ2) is 8.16. The lowest BCUT2D eigenvalue weighted by Crippen LogP contribution is -2.29. The maximum absolute atomic E-state index is 13.1. The molecule has 1 atom stereocenters. The monoisotopic (exact) mass is 497 g/mol. The maximum atomic E-state index is 13.1. The Morgan fingerprint density at radius 2 is 1.77 bits per heavy atom. The molecule has 3 heterocycles. The Kier molecular flexibility index (Phi) is 5.55. The highest BCUT2D eigenvalue weighted by Crippen LogP contribution is 2.44. The van der Waals surface area contributed by atoms with E-state index in [2.05, 4.69) is 25.9 Å². The number of hydrogen-bond acceptors (Lipinski definition) is 7. The van der Waals surface area contributed by atoms with Gasteiger partial charge in [0.15, 0.2) is 10.9 Å². The number of carbonyl (C=O) groups excluding carboxylic acids is 3. The van der Waals surface area contributed by atoms with Crippen molar-refractivity contribution < 1.29 is 19.5 Å². The van der Waals surface area contributed by atoms with Crippen molar-refractivity contribution in [3.8, 4) is 0 Å². The van der Waals surface area contributed by atoms with E-state index in [1.807, 2.05) is 0 Å². The summed E-state index contributed by atoms with van der Waals surface area (Å²) >= 11 is 4.43. The fraction of sp³-hybridized carbons (Fsp3) is 0.136. The number of halogens is 1. The second-order valence-corrected chi connectivity index (χ2v) is 8.82. The minimum absolute atomic E-state index is 0.0456. The van der Waals surface area contributed by atoms with Gasteiger partial charge in [0, 0.05) is 29.4 Å². The van der Waals surface area contributed by atoms with Gasteiger partial charge in [0.2, 0.25) is 0 Å². The highest BCUT2D eigenvalue weighted by Gasteiger charge is 2.48. The summed E-state index contributed by atoms with van der Waals surface area (Å²) in [5, 5.41) is 11.2. The van der Waals surface area contributed by atoms with Crippen LogP contribution in [0.3, 0.4) is 0 Å². The van der Waals surface area contributed by atoms with Crippen LogP contribution in [-0.2, 0) is 9.59 Å². The first-order chi connectivity index (χ1) is 14.8. The number of benzene rings is 1. The summed E-state index contributed by atoms with van der Waals surface area (Å²) in [4.78, 5) is 48.0. The molecule has 1 aliphatic rings. The van der Waals surface area contributed by atoms with Gasteiger partial charge in [-0.15, -0.1) is 0 Å². The Morgan fingerprint density at radius 3 is 2.35 bits per heavy atom. The summed E-state index contributed by atoms with van der Waals surface area (Å²) in [5.41, 5.74) is 1.43. The van der Waals surface area contributed by atoms with Gasteiger partial charge in [-0.25, -0.2) is 4.98 Å². The predicted octanol–water partition coefficient (Wildman–Crippen LogP) is 4.44. The van der Waals surface area contributed by atoms with Crippen molar-refractivity contribution in [2.24, 2.45) is 0 Å². The van der Waals surface area contributed by atoms with Crippen molar-refractivity contribution in [2.45, 2.75) is 19.9 Å². The largest absolute Gasteiger partial charge is 0.507 e. The smallest absolute Gasteiger partial charge is 0.301 e. The van der Waals surface area contributed by atoms with E-state index in [1.54, 1.807) is 43.3 Å². The van der Waals surface area contributed by atoms with E-state index in [4.69, 9.17) is 0 Å². The molecule has 1 fully saturated rings. The van der Waals surface area contributed by atoms with E-state index in [-0.39, 0.29) is 22.2 Å². The van der Waals surface area contributed by atoms with Crippen LogP contribution in [0.4, 0.5) is 5.13 Å². The SMILES string of the molecule is CC(=O)c1sc(N2C(=O)C(=O)/C(=C(/O)c3ccncc3)C2c2ccc(Br)cc2)nc1C. The van der Waals surface area contributed by atoms with Crippen LogP contribution in [0.15, 0.2) is 58.8 Å². The molecule has 1 aliphatic heterocycles. The number of aliphatic hydroxyl groups is 1. The van der Waals surface area contributed by atoms with Gasteiger partial charge in [0.25, 0.3) is 5.78 Å². The third-order valence-corrected chi connectivity index (χ3v) is 6.68. The molecule has 0 aliphatic carbocycles. The van der Waals surface area contributed by atoms with Crippen molar-refractivity contribution in [1.29, 1.82) is 0 Å². The standard InChI is InChI=1S/C22H16BrN3O4S/c1-11-20(12(2)27)31-22(25-11)26-17(13-3-5-15(23)6-4-13)16(19(29)21(26)30)18(28)14-7-9-24-10-8-14/h3-10,17,28H,1-2H3/b18-16+. The Hall–Kier alpha value is -3.17. The second-order valence-electron chi connectivity index (χ2n) is 6.92. The molecular formula is C22H16BrN3O4S. The van der Waals surface area contributed by atoms with Crippen LogP contribution in [0.1, 0.15) is 39.5 Å². The third kappa shape index (κ3) is 3.70. The van der Waals surface area contributed by atoms with Gasteiger partial charge in [0.05, 0.1) is 22.2 Å². The molecule has 1 saturated heterocycles. The molecule has 7 nitrogen and oxygen atoms in total. The van der Waals surface area contributed by atoms with E-state index in [9.17, 15) is 19.5 Å². The lowest BCUT2D eigenvalue weighted by atomic mass is 9.96. The first kappa shape index (κ1) is 21.1. The summed E-state index contributed by atoms with van der Waals surface area (Å²) in [5.74, 6) is -2.10. The Labute approximate surface area is 190 Å². The van der Waals surface area contributed by atoms with Crippen LogP contribution in [0.25, 0.3) is 5.76 Å². The van der Waals surface area contributed by atoms with Crippen molar-refractivity contribution in [3.05, 3.63) is 80.5 Å². The molecule has 0 saturated carbocycles. The lowest BCUT2D eigenvalue weighted by molar-refractivity contribution is -0.132. The number of carbonyl (C=O) groups is 3. The summed E-state index contributed by atoms with van der Waals surface area (Å²) < 4.78 is 0.825. The molecule has 1 unspecified atom stereocenters. The van der Waals surface area contributed by atoms with Gasteiger partial charge in [-0.2, -0.15) is 0 Å². The average Bonchev–Trinajstić information content (AvgIpc) is 3.26. The van der Waals surface area contributed by atoms with Gasteiger partial charge in [-0.1, -0.05) is 39.4 Å². The molecule has 9 heteroatoms. The van der Waals surface area contributed by atoms with Crippen molar-refractivity contribution in [2.75, 3.05) is 4.90 Å². The molecule has 0 spiro atoms. The average molecular weight is 498 g/mol. The number of ketones is 2. The number of rotatable bonds is 4. The minimum Gasteiger partial charge on any atom is -0.507 e. The molecule has 1 N–H and O–H groups in total. The normalized spacial score (nSPS) is 17.9. The van der Waals surface area contributed by atoms with Crippen molar-refractivity contribution >= 4 is 55.6 Å². The zero-order valence-electron chi connectivity index (χ0n) is 16.5. The number of anilines is 1. The van der Waals surface area contributed by atoms with E-state index >= 15 is 0 Å². The number of amides is 1. The Morgan fingerprint density at radius 1 is 1.13 bits per heavy atom. The number of aryl methyl sites for hydroxylation is 1. The number of thiazole rings is 1. The molecule has 1 amide bonds. The molecule has 0 bridgehead atoms. The minimum atomic E-state index is -0.897. The maximum Gasteiger partial charge on any atom is 0.301 e. The fourth-order valence-corrected chi connectivity index (χ4v) is 4.72. The van der Waals surface area contributed by atoms with E-state index in [1.165, 1.54) is 24.2 Å². The van der Waals surface area contributed by atoms with Crippen LogP contribution in [-0.4, -0.2) is 32.5 Å². The summed E-state index contributed by atoms with van der Waals surface area (Å²) in [7, 11) is 0. The van der Waals surface area contributed by atoms with Crippen molar-refractivity contribution in [3.63, 3.8) is 0 Å². The van der Waals surface area contributed by atoms with E-state index < -0.39 is 17.7 Å². The Balaban J connectivity index is 1.95. The topological polar surface area (TPSA) is 100 Å². The van der Waals surface area contributed by atoms with Crippen molar-refractivity contribution in [1.82, 2.24) is 9.97 Å². The fourth-order valence-electron chi connectivity index (χ4n) is 3.47. The molecule has 0 radical (unpaired) electrons. The van der Waals surface area contributed by atoms with Gasteiger partial charge < -0.3 is 5.11 Å². The number of aromatic nitrogens is 2. The van der Waals surface area contributed by atoms with Crippen LogP contribution < -0.4 is 4.90 Å². The number of pyridine rings is 1. The van der Waals surface area contributed by atoms with Gasteiger partial charge >= 0.3 is 5.91 Å². The Bertz CT molecular complexity index is 1240. The molecule has 1 aromatic carbocycles. The van der Waals surface area contributed by atoms with E-state index in [0.29, 0.717) is 21.7 Å². The van der Waals surface area contributed by atoms with Gasteiger partial charge in [-0.05, 0) is 36.8 Å². The van der Waals surface area contributed by atoms with Gasteiger partial charge in [0.1, 0.15) is 5.76 Å². The van der Waals surface area contributed by atoms with Gasteiger partial charge in [-0.3, -0.25) is 24.3 Å². The first-order valence-electron chi connectivity index (χ1n) is 9.24. The summed E-state index contributed by atoms with van der Waals surface area (Å²) in [6.45, 7) is 3.10. The number of hydrogen-bond donors (Lipinski definition) is 1. The highest BCUT2D eigenvalue weighted by molar-refractivity contribution is 9.10. The molecule has 2 aromatic heterocycles. The summed E-state index contributed by atoms with van der Waals surface area (Å²) in [6, 6.07) is 9.32. The molecule has 156 valence electrons. The highest BCUT2D eigenvalue weighted by atomic mass is 79.9. The zero-order chi connectivity index (χ0) is 22.3. The van der Waals surface area contributed by atoms with Crippen LogP contribution >= 0.6 is 27.3 Å². The predicted molar refractivity (Wildman–Crippen MR) is 120 cm³/mol. The number of aliphatic hydroxyl groups excluding tert-OH is 1. The van der Waals surface area contributed by atoms with Crippen LogP contribution in [0.5, 0.6) is 0 Å². The van der Waals surface area contributed by atoms with Crippen LogP contribution in [0, 0.1) is 6.92 Å². The number of Topliss-reactive ketones (excluding diaryl/α,β-unsaturated/α-hetero) is 2. The molecular weight excluding hydrogens is 482 g/mol. The molecule has 3 aromatic rings. The zero-order valence-corrected chi connectivity index (χ0v) is 18.9. The summed E-state index contributed by atoms with van der Waals surface area (Å²) in [6.07, 6.45) is 2.98.